The number of anilines is 1. The molecule has 1 N–H and O–H groups in total. The number of benzene rings is 3. The summed E-state index contributed by atoms with van der Waals surface area (Å²) in [5, 5.41) is 9.11. The molecule has 0 bridgehead atoms. The molecule has 1 atom stereocenters. The Morgan fingerprint density at radius 2 is 1.73 bits per heavy atom. The molecular weight excluding hydrogens is 455 g/mol. The van der Waals surface area contributed by atoms with Gasteiger partial charge in [0, 0.05) is 16.3 Å². The van der Waals surface area contributed by atoms with E-state index < -0.39 is 23.2 Å². The number of nitrogens with zero attached hydrogens (tertiary/aromatic N) is 2. The number of hydrogen-bond donors (Lipinski definition) is 1. The molecule has 5 nitrogen and oxygen atoms in total. The Morgan fingerprint density at radius 3 is 2.42 bits per heavy atom. The maximum Gasteiger partial charge on any atom is 0.416 e. The number of halogens is 4. The second-order valence-corrected chi connectivity index (χ2v) is 8.32. The first kappa shape index (κ1) is 21.3. The van der Waals surface area contributed by atoms with E-state index in [-0.39, 0.29) is 18.8 Å². The van der Waals surface area contributed by atoms with Gasteiger partial charge in [-0.3, -0.25) is 0 Å². The first-order chi connectivity index (χ1) is 15.8. The third-order valence-corrected chi connectivity index (χ3v) is 6.06. The minimum atomic E-state index is -4.45. The van der Waals surface area contributed by atoms with Gasteiger partial charge in [0.05, 0.1) is 23.2 Å². The molecular formula is C24H17ClF3N3O2. The Labute approximate surface area is 192 Å². The molecule has 0 saturated heterocycles. The number of hydrogen-bond acceptors (Lipinski definition) is 3. The minimum Gasteiger partial charge on any atom is -0.491 e. The van der Waals surface area contributed by atoms with Crippen LogP contribution in [0.3, 0.4) is 0 Å². The number of amides is 2. The van der Waals surface area contributed by atoms with E-state index in [1.807, 2.05) is 36.4 Å². The first-order valence-corrected chi connectivity index (χ1v) is 10.5. The summed E-state index contributed by atoms with van der Waals surface area (Å²) in [6, 6.07) is 18.5. The van der Waals surface area contributed by atoms with Crippen molar-refractivity contribution in [2.45, 2.75) is 11.6 Å². The predicted octanol–water partition coefficient (Wildman–Crippen LogP) is 5.94. The fourth-order valence-corrected chi connectivity index (χ4v) is 4.25. The summed E-state index contributed by atoms with van der Waals surface area (Å²) in [6.07, 6.45) is -4.45. The highest BCUT2D eigenvalue weighted by molar-refractivity contribution is 6.30. The molecule has 0 fully saturated rings. The van der Waals surface area contributed by atoms with Crippen molar-refractivity contribution in [2.24, 2.45) is 5.10 Å². The lowest BCUT2D eigenvalue weighted by Crippen LogP contribution is -2.47. The number of hydrazone groups is 1. The molecule has 1 unspecified atom stereocenters. The zero-order chi connectivity index (χ0) is 23.2. The molecule has 0 saturated carbocycles. The molecule has 3 aromatic rings. The van der Waals surface area contributed by atoms with Crippen molar-refractivity contribution in [1.29, 1.82) is 0 Å². The highest BCUT2D eigenvalue weighted by atomic mass is 35.5. The average molecular weight is 472 g/mol. The Morgan fingerprint density at radius 1 is 1.03 bits per heavy atom. The molecule has 0 spiro atoms. The van der Waals surface area contributed by atoms with Crippen LogP contribution < -0.4 is 10.1 Å². The summed E-state index contributed by atoms with van der Waals surface area (Å²) < 4.78 is 44.5. The van der Waals surface area contributed by atoms with E-state index in [4.69, 9.17) is 16.3 Å². The highest BCUT2D eigenvalue weighted by Crippen LogP contribution is 2.42. The van der Waals surface area contributed by atoms with Gasteiger partial charge in [-0.2, -0.15) is 18.3 Å². The van der Waals surface area contributed by atoms with Crippen LogP contribution in [0.25, 0.3) is 0 Å². The normalized spacial score (nSPS) is 19.3. The number of urea groups is 1. The largest absolute Gasteiger partial charge is 0.491 e. The van der Waals surface area contributed by atoms with E-state index in [1.54, 1.807) is 12.1 Å². The Bertz CT molecular complexity index is 1240. The predicted molar refractivity (Wildman–Crippen MR) is 119 cm³/mol. The number of nitrogens with one attached hydrogen (secondary N) is 1. The molecule has 33 heavy (non-hydrogen) atoms. The summed E-state index contributed by atoms with van der Waals surface area (Å²) in [4.78, 5) is 13.0. The van der Waals surface area contributed by atoms with Crippen LogP contribution in [0.15, 0.2) is 77.9 Å². The summed E-state index contributed by atoms with van der Waals surface area (Å²) in [5.74, 6) is 0.672. The Kier molecular flexibility index (Phi) is 5.05. The fourth-order valence-electron chi connectivity index (χ4n) is 4.13. The molecule has 5 rings (SSSR count). The van der Waals surface area contributed by atoms with Gasteiger partial charge in [-0.1, -0.05) is 35.9 Å². The average Bonchev–Trinajstić information content (AvgIpc) is 3.21. The van der Waals surface area contributed by atoms with Crippen molar-refractivity contribution in [3.63, 3.8) is 0 Å². The van der Waals surface area contributed by atoms with E-state index in [2.05, 4.69) is 10.4 Å². The molecule has 0 aliphatic carbocycles. The molecule has 3 aromatic carbocycles. The first-order valence-electron chi connectivity index (χ1n) is 10.1. The van der Waals surface area contributed by atoms with Crippen LogP contribution in [-0.2, 0) is 11.6 Å². The molecule has 2 heterocycles. The van der Waals surface area contributed by atoms with Crippen molar-refractivity contribution in [3.05, 3.63) is 94.5 Å². The van der Waals surface area contributed by atoms with Crippen LogP contribution in [0.5, 0.6) is 5.75 Å². The van der Waals surface area contributed by atoms with Gasteiger partial charge in [-0.05, 0) is 54.1 Å². The van der Waals surface area contributed by atoms with E-state index >= 15 is 0 Å². The van der Waals surface area contributed by atoms with Crippen LogP contribution in [0, 0.1) is 0 Å². The zero-order valence-electron chi connectivity index (χ0n) is 17.1. The highest BCUT2D eigenvalue weighted by Gasteiger charge is 2.50. The van der Waals surface area contributed by atoms with Gasteiger partial charge in [-0.15, -0.1) is 0 Å². The SMILES string of the molecule is O=C(Nc1ccc(C(F)(F)F)cc1)N1CC2(c3ccc(Cl)cc3)COc3ccccc3C2=N1. The number of ether oxygens (including phenoxy) is 1. The van der Waals surface area contributed by atoms with Crippen molar-refractivity contribution in [1.82, 2.24) is 5.01 Å². The van der Waals surface area contributed by atoms with Crippen LogP contribution in [-0.4, -0.2) is 29.9 Å². The Balaban J connectivity index is 1.47. The van der Waals surface area contributed by atoms with Gasteiger partial charge in [0.15, 0.2) is 0 Å². The van der Waals surface area contributed by atoms with Crippen LogP contribution in [0.4, 0.5) is 23.7 Å². The van der Waals surface area contributed by atoms with Gasteiger partial charge < -0.3 is 10.1 Å². The maximum absolute atomic E-state index is 13.0. The zero-order valence-corrected chi connectivity index (χ0v) is 17.8. The fraction of sp³-hybridized carbons (Fsp3) is 0.167. The van der Waals surface area contributed by atoms with Gasteiger partial charge in [0.1, 0.15) is 12.4 Å². The molecule has 0 radical (unpaired) electrons. The number of carbonyl (C=O) groups is 1. The van der Waals surface area contributed by atoms with Gasteiger partial charge >= 0.3 is 12.2 Å². The van der Waals surface area contributed by atoms with Gasteiger partial charge in [-0.25, -0.2) is 9.80 Å². The van der Waals surface area contributed by atoms with E-state index in [1.165, 1.54) is 17.1 Å². The molecule has 9 heteroatoms. The summed E-state index contributed by atoms with van der Waals surface area (Å²) in [7, 11) is 0. The number of alkyl halides is 3. The third kappa shape index (κ3) is 3.80. The van der Waals surface area contributed by atoms with E-state index in [9.17, 15) is 18.0 Å². The van der Waals surface area contributed by atoms with Crippen LogP contribution in [0.2, 0.25) is 5.02 Å². The summed E-state index contributed by atoms with van der Waals surface area (Å²) in [6.45, 7) is 0.472. The molecule has 2 aliphatic heterocycles. The lowest BCUT2D eigenvalue weighted by molar-refractivity contribution is -0.137. The lowest BCUT2D eigenvalue weighted by Gasteiger charge is -2.35. The molecule has 0 aromatic heterocycles. The second kappa shape index (κ2) is 7.81. The van der Waals surface area contributed by atoms with Crippen molar-refractivity contribution >= 4 is 29.0 Å². The molecule has 168 valence electrons. The number of rotatable bonds is 2. The van der Waals surface area contributed by atoms with Crippen molar-refractivity contribution in [2.75, 3.05) is 18.5 Å². The number of fused-ring (bicyclic) bond motifs is 3. The Hall–Kier alpha value is -3.52. The van der Waals surface area contributed by atoms with E-state index in [0.717, 1.165) is 23.3 Å². The van der Waals surface area contributed by atoms with E-state index in [0.29, 0.717) is 16.5 Å². The van der Waals surface area contributed by atoms with Gasteiger partial charge in [0.2, 0.25) is 0 Å². The van der Waals surface area contributed by atoms with Crippen LogP contribution in [0.1, 0.15) is 16.7 Å². The van der Waals surface area contributed by atoms with Gasteiger partial charge in [0.25, 0.3) is 0 Å². The topological polar surface area (TPSA) is 53.9 Å². The van der Waals surface area contributed by atoms with Crippen LogP contribution >= 0.6 is 11.6 Å². The molecule has 2 aliphatic rings. The summed E-state index contributed by atoms with van der Waals surface area (Å²) >= 11 is 6.07. The van der Waals surface area contributed by atoms with Crippen molar-refractivity contribution in [3.8, 4) is 5.75 Å². The van der Waals surface area contributed by atoms with Crippen molar-refractivity contribution < 1.29 is 22.7 Å². The molecule has 2 amide bonds. The number of para-hydroxylation sites is 1. The maximum atomic E-state index is 13.0. The smallest absolute Gasteiger partial charge is 0.416 e. The quantitative estimate of drug-likeness (QED) is 0.503. The standard InChI is InChI=1S/C24H17ClF3N3O2/c25-17-9-5-15(6-10-17)23-13-31(30-21(23)19-3-1-2-4-20(19)33-14-23)22(32)29-18-11-7-16(8-12-18)24(26,27)28/h1-12H,13-14H2,(H,29,32). The second-order valence-electron chi connectivity index (χ2n) is 7.89. The summed E-state index contributed by atoms with van der Waals surface area (Å²) in [5.41, 5.74) is 1.10. The number of carbonyl (C=O) groups excluding carboxylic acids is 1. The minimum absolute atomic E-state index is 0.199. The third-order valence-electron chi connectivity index (χ3n) is 5.80. The monoisotopic (exact) mass is 471 g/mol. The lowest BCUT2D eigenvalue weighted by atomic mass is 9.73.